The summed E-state index contributed by atoms with van der Waals surface area (Å²) in [6, 6.07) is 21.3. The van der Waals surface area contributed by atoms with Crippen LogP contribution in [0.4, 0.5) is 5.69 Å². The summed E-state index contributed by atoms with van der Waals surface area (Å²) in [6.45, 7) is 3.04. The molecule has 5 nitrogen and oxygen atoms in total. The molecule has 3 aromatic rings. The third-order valence-corrected chi connectivity index (χ3v) is 7.48. The van der Waals surface area contributed by atoms with E-state index in [0.717, 1.165) is 32.6 Å². The van der Waals surface area contributed by atoms with Gasteiger partial charge in [0, 0.05) is 6.07 Å². The van der Waals surface area contributed by atoms with E-state index < -0.39 is 10.0 Å². The molecule has 0 fully saturated rings. The number of nitrogens with zero attached hydrogens (tertiary/aromatic N) is 1. The fraction of sp³-hybridized carbons (Fsp3) is 0.250. The topological polar surface area (TPSA) is 61.6 Å². The van der Waals surface area contributed by atoms with E-state index in [0.29, 0.717) is 19.2 Å². The third kappa shape index (κ3) is 6.54. The molecule has 0 bridgehead atoms. The van der Waals surface area contributed by atoms with E-state index in [1.54, 1.807) is 12.1 Å². The molecule has 1 atom stereocenters. The summed E-state index contributed by atoms with van der Waals surface area (Å²) in [7, 11) is 1.17. The van der Waals surface area contributed by atoms with Crippen molar-refractivity contribution in [2.45, 2.75) is 25.0 Å². The van der Waals surface area contributed by atoms with Gasteiger partial charge in [-0.1, -0.05) is 42.5 Å². The Morgan fingerprint density at radius 2 is 1.52 bits per heavy atom. The Bertz CT molecular complexity index is 1040. The van der Waals surface area contributed by atoms with Gasteiger partial charge < -0.3 is 9.47 Å². The fourth-order valence-corrected chi connectivity index (χ4v) is 5.04. The molecule has 0 radical (unpaired) electrons. The second kappa shape index (κ2) is 10.3. The van der Waals surface area contributed by atoms with Gasteiger partial charge in [0.2, 0.25) is 0 Å². The first-order valence-corrected chi connectivity index (χ1v) is 13.0. The van der Waals surface area contributed by atoms with Crippen LogP contribution in [0.3, 0.4) is 0 Å². The molecule has 0 aliphatic heterocycles. The highest BCUT2D eigenvalue weighted by atomic mass is 32.3. The lowest BCUT2D eigenvalue weighted by Crippen LogP contribution is -2.10. The highest BCUT2D eigenvalue weighted by molar-refractivity contribution is 8.32. The first kappa shape index (κ1) is 23.3. The van der Waals surface area contributed by atoms with Gasteiger partial charge in [0.05, 0.1) is 23.0 Å². The van der Waals surface area contributed by atoms with Crippen molar-refractivity contribution < 1.29 is 14.4 Å². The Labute approximate surface area is 187 Å². The minimum absolute atomic E-state index is 0.161. The van der Waals surface area contributed by atoms with E-state index in [4.69, 9.17) is 9.47 Å². The second-order valence-electron chi connectivity index (χ2n) is 7.91. The van der Waals surface area contributed by atoms with Gasteiger partial charge in [-0.15, -0.1) is 9.24 Å². The van der Waals surface area contributed by atoms with Crippen LogP contribution in [-0.4, -0.2) is 23.4 Å². The maximum Gasteiger partial charge on any atom is 0.281 e. The van der Waals surface area contributed by atoms with Gasteiger partial charge in [-0.2, -0.15) is 10.0 Å². The summed E-state index contributed by atoms with van der Waals surface area (Å²) in [5.41, 5.74) is 3.38. The molecule has 0 aromatic heterocycles. The third-order valence-electron chi connectivity index (χ3n) is 4.87. The first-order valence-electron chi connectivity index (χ1n) is 9.84. The summed E-state index contributed by atoms with van der Waals surface area (Å²) in [4.78, 5) is 11.9. The molecule has 0 saturated carbocycles. The largest absolute Gasteiger partial charge is 0.484 e. The molecular weight excluding hydrogens is 429 g/mol. The van der Waals surface area contributed by atoms with Gasteiger partial charge in [-0.05, 0) is 59.6 Å². The van der Waals surface area contributed by atoms with Crippen molar-refractivity contribution in [3.05, 3.63) is 93.5 Å². The maximum atomic E-state index is 11.4. The molecule has 0 heterocycles. The molecule has 1 unspecified atom stereocenters. The van der Waals surface area contributed by atoms with Crippen molar-refractivity contribution in [3.63, 3.8) is 0 Å². The van der Waals surface area contributed by atoms with Gasteiger partial charge in [-0.3, -0.25) is 10.1 Å². The zero-order valence-electron chi connectivity index (χ0n) is 18.0. The predicted molar refractivity (Wildman–Crippen MR) is 132 cm³/mol. The van der Waals surface area contributed by atoms with E-state index in [9.17, 15) is 10.1 Å². The minimum Gasteiger partial charge on any atom is -0.484 e. The Balaban J connectivity index is 1.56. The summed E-state index contributed by atoms with van der Waals surface area (Å²) in [5.74, 6) is 1.16. The Kier molecular flexibility index (Phi) is 7.71. The molecule has 0 aliphatic rings. The summed E-state index contributed by atoms with van der Waals surface area (Å²) in [5, 5.41) is 12.6. The Morgan fingerprint density at radius 3 is 2.10 bits per heavy atom. The van der Waals surface area contributed by atoms with Gasteiger partial charge >= 0.3 is 0 Å². The average Bonchev–Trinajstić information content (AvgIpc) is 2.74. The monoisotopic (exact) mass is 457 g/mol. The SMILES string of the molecule is Cc1ccc([N+](=O)[O-])c(S(C)(C)COc2ccc(COCc3ccc(P)cc3)cc2)c1. The molecule has 7 heteroatoms. The van der Waals surface area contributed by atoms with Crippen LogP contribution in [-0.2, 0) is 18.0 Å². The molecule has 0 N–H and O–H groups in total. The molecule has 3 rings (SSSR count). The van der Waals surface area contributed by atoms with Crippen LogP contribution < -0.4 is 10.0 Å². The van der Waals surface area contributed by atoms with Gasteiger partial charge in [0.15, 0.2) is 0 Å². The van der Waals surface area contributed by atoms with Gasteiger partial charge in [-0.25, -0.2) is 0 Å². The van der Waals surface area contributed by atoms with Crippen molar-refractivity contribution >= 4 is 30.3 Å². The van der Waals surface area contributed by atoms with Crippen LogP contribution in [0.1, 0.15) is 16.7 Å². The quantitative estimate of drug-likeness (QED) is 0.239. The highest BCUT2D eigenvalue weighted by Crippen LogP contribution is 2.53. The fourth-order valence-electron chi connectivity index (χ4n) is 3.08. The van der Waals surface area contributed by atoms with Crippen LogP contribution in [0, 0.1) is 17.0 Å². The molecule has 0 amide bonds. The summed E-state index contributed by atoms with van der Waals surface area (Å²) >= 11 is 0. The highest BCUT2D eigenvalue weighted by Gasteiger charge is 2.25. The van der Waals surface area contributed by atoms with Crippen LogP contribution in [0.15, 0.2) is 71.6 Å². The van der Waals surface area contributed by atoms with E-state index in [2.05, 4.69) is 21.4 Å². The molecule has 31 heavy (non-hydrogen) atoms. The molecule has 3 aromatic carbocycles. The molecule has 164 valence electrons. The van der Waals surface area contributed by atoms with Gasteiger partial charge in [0.1, 0.15) is 11.7 Å². The van der Waals surface area contributed by atoms with E-state index in [1.165, 1.54) is 0 Å². The van der Waals surface area contributed by atoms with E-state index in [1.807, 2.05) is 61.9 Å². The predicted octanol–water partition coefficient (Wildman–Crippen LogP) is 5.58. The normalized spacial score (nSPS) is 11.9. The lowest BCUT2D eigenvalue weighted by Gasteiger charge is -2.31. The smallest absolute Gasteiger partial charge is 0.281 e. The van der Waals surface area contributed by atoms with Crippen LogP contribution in [0.5, 0.6) is 5.75 Å². The summed E-state index contributed by atoms with van der Waals surface area (Å²) < 4.78 is 11.8. The molecule has 0 saturated heterocycles. The number of nitro groups is 1. The van der Waals surface area contributed by atoms with Crippen LogP contribution >= 0.6 is 19.3 Å². The number of nitro benzene ring substituents is 1. The van der Waals surface area contributed by atoms with Crippen LogP contribution in [0.2, 0.25) is 0 Å². The van der Waals surface area contributed by atoms with Gasteiger partial charge in [0.25, 0.3) is 5.69 Å². The average molecular weight is 458 g/mol. The molecule has 0 spiro atoms. The molecular formula is C24H28NO4PS. The maximum absolute atomic E-state index is 11.4. The van der Waals surface area contributed by atoms with Crippen LogP contribution in [0.25, 0.3) is 0 Å². The number of benzene rings is 3. The number of aryl methyl sites for hydroxylation is 1. The Hall–Kier alpha value is -2.40. The van der Waals surface area contributed by atoms with E-state index >= 15 is 0 Å². The van der Waals surface area contributed by atoms with Crippen molar-refractivity contribution in [3.8, 4) is 5.75 Å². The number of hydrogen-bond acceptors (Lipinski definition) is 4. The van der Waals surface area contributed by atoms with E-state index in [-0.39, 0.29) is 10.6 Å². The number of rotatable bonds is 9. The number of hydrogen-bond donors (Lipinski definition) is 0. The zero-order chi connectivity index (χ0) is 22.4. The van der Waals surface area contributed by atoms with Crippen molar-refractivity contribution in [2.75, 3.05) is 18.5 Å². The lowest BCUT2D eigenvalue weighted by molar-refractivity contribution is -0.387. The van der Waals surface area contributed by atoms with Crippen molar-refractivity contribution in [1.29, 1.82) is 0 Å². The summed E-state index contributed by atoms with van der Waals surface area (Å²) in [6.07, 6.45) is 4.08. The number of ether oxygens (including phenoxy) is 2. The van der Waals surface area contributed by atoms with Crippen molar-refractivity contribution in [2.24, 2.45) is 0 Å². The zero-order valence-corrected chi connectivity index (χ0v) is 20.0. The lowest BCUT2D eigenvalue weighted by atomic mass is 10.2. The standard InChI is InChI=1S/C24H28NO4PS/c1-18-4-13-23(25(26)27)24(14-18)31(2,3)17-29-21-9-5-19(6-10-21)15-28-16-20-7-11-22(30)12-8-20/h4-14H,15-17,30H2,1-3H3. The minimum atomic E-state index is -1.50. The van der Waals surface area contributed by atoms with Crippen molar-refractivity contribution in [1.82, 2.24) is 0 Å². The first-order chi connectivity index (χ1) is 14.7. The molecule has 0 aliphatic carbocycles. The Morgan fingerprint density at radius 1 is 0.935 bits per heavy atom. The second-order valence-corrected chi connectivity index (χ2v) is 12.3.